The summed E-state index contributed by atoms with van der Waals surface area (Å²) in [6.07, 6.45) is -0.751. The van der Waals surface area contributed by atoms with Crippen molar-refractivity contribution < 1.29 is 17.7 Å². The summed E-state index contributed by atoms with van der Waals surface area (Å²) in [5.74, 6) is 1.11. The molecule has 2 aromatic rings. The second-order valence-electron chi connectivity index (χ2n) is 4.80. The maximum absolute atomic E-state index is 12.5. The average Bonchev–Trinajstić information content (AvgIpc) is 2.93. The Kier molecular flexibility index (Phi) is 5.44. The second-order valence-corrected chi connectivity index (χ2v) is 6.16. The molecule has 0 N–H and O–H groups in total. The largest absolute Gasteiger partial charge is 0.417 e. The topological polar surface area (TPSA) is 51.8 Å². The lowest BCUT2D eigenvalue weighted by Gasteiger charge is -2.08. The van der Waals surface area contributed by atoms with Gasteiger partial charge in [0.1, 0.15) is 0 Å². The van der Waals surface area contributed by atoms with Gasteiger partial charge in [0.15, 0.2) is 5.82 Å². The van der Waals surface area contributed by atoms with Crippen LogP contribution in [-0.4, -0.2) is 15.1 Å². The van der Waals surface area contributed by atoms with Gasteiger partial charge in [-0.15, -0.1) is 0 Å². The van der Waals surface area contributed by atoms with Crippen molar-refractivity contribution in [2.45, 2.75) is 49.6 Å². The minimum Gasteiger partial charge on any atom is -0.338 e. The van der Waals surface area contributed by atoms with E-state index in [-0.39, 0.29) is 5.25 Å². The van der Waals surface area contributed by atoms with Crippen LogP contribution in [0.4, 0.5) is 13.2 Å². The van der Waals surface area contributed by atoms with E-state index in [0.29, 0.717) is 16.7 Å². The van der Waals surface area contributed by atoms with Crippen LogP contribution in [0.15, 0.2) is 27.9 Å². The van der Waals surface area contributed by atoms with Gasteiger partial charge in [0, 0.05) is 12.6 Å². The number of aryl methyl sites for hydroxylation is 1. The molecule has 22 heavy (non-hydrogen) atoms. The quantitative estimate of drug-likeness (QED) is 0.719. The minimum absolute atomic E-state index is 0.174. The highest BCUT2D eigenvalue weighted by atomic mass is 32.2. The van der Waals surface area contributed by atoms with Crippen molar-refractivity contribution in [2.75, 3.05) is 0 Å². The summed E-state index contributed by atoms with van der Waals surface area (Å²) in [5, 5.41) is 4.20. The van der Waals surface area contributed by atoms with Crippen LogP contribution in [-0.2, 0) is 12.6 Å². The molecule has 2 rings (SSSR count). The van der Waals surface area contributed by atoms with Gasteiger partial charge in [-0.3, -0.25) is 0 Å². The summed E-state index contributed by atoms with van der Waals surface area (Å²) in [4.78, 5) is 8.11. The van der Waals surface area contributed by atoms with Crippen LogP contribution in [0.2, 0.25) is 0 Å². The maximum Gasteiger partial charge on any atom is 0.417 e. The number of thioether (sulfide) groups is 1. The average molecular weight is 331 g/mol. The standard InChI is InChI=1S/C14H16F3N3OS/c1-3-4-5-11-19-13(21-20-11)9(2)22-12-7-6-10(8-18-12)14(15,16)17/h6-9H,3-5H2,1-2H3. The number of aromatic nitrogens is 3. The van der Waals surface area contributed by atoms with E-state index in [1.807, 2.05) is 6.92 Å². The van der Waals surface area contributed by atoms with Crippen molar-refractivity contribution >= 4 is 11.8 Å². The van der Waals surface area contributed by atoms with Crippen molar-refractivity contribution in [3.63, 3.8) is 0 Å². The van der Waals surface area contributed by atoms with Crippen LogP contribution in [0.5, 0.6) is 0 Å². The number of rotatable bonds is 6. The summed E-state index contributed by atoms with van der Waals surface area (Å²) in [6, 6.07) is 2.36. The number of nitrogens with zero attached hydrogens (tertiary/aromatic N) is 3. The van der Waals surface area contributed by atoms with Gasteiger partial charge in [0.2, 0.25) is 5.89 Å². The van der Waals surface area contributed by atoms with Crippen LogP contribution in [0.3, 0.4) is 0 Å². The summed E-state index contributed by atoms with van der Waals surface area (Å²) in [5.41, 5.74) is -0.760. The molecule has 1 atom stereocenters. The van der Waals surface area contributed by atoms with E-state index in [2.05, 4.69) is 22.0 Å². The van der Waals surface area contributed by atoms with Crippen LogP contribution < -0.4 is 0 Å². The van der Waals surface area contributed by atoms with E-state index in [4.69, 9.17) is 4.52 Å². The first kappa shape index (κ1) is 16.8. The third-order valence-electron chi connectivity index (χ3n) is 2.95. The Labute approximate surface area is 130 Å². The van der Waals surface area contributed by atoms with Crippen LogP contribution in [0, 0.1) is 0 Å². The smallest absolute Gasteiger partial charge is 0.338 e. The van der Waals surface area contributed by atoms with E-state index in [9.17, 15) is 13.2 Å². The van der Waals surface area contributed by atoms with Gasteiger partial charge < -0.3 is 4.52 Å². The first-order valence-corrected chi connectivity index (χ1v) is 7.80. The number of unbranched alkanes of at least 4 members (excludes halogenated alkanes) is 1. The van der Waals surface area contributed by atoms with Crippen LogP contribution >= 0.6 is 11.8 Å². The zero-order chi connectivity index (χ0) is 16.2. The first-order valence-electron chi connectivity index (χ1n) is 6.92. The van der Waals surface area contributed by atoms with E-state index in [0.717, 1.165) is 31.5 Å². The molecule has 0 amide bonds. The van der Waals surface area contributed by atoms with Gasteiger partial charge in [-0.2, -0.15) is 18.2 Å². The summed E-state index contributed by atoms with van der Waals surface area (Å²) < 4.78 is 42.6. The van der Waals surface area contributed by atoms with Crippen molar-refractivity contribution in [3.8, 4) is 0 Å². The molecule has 0 aliphatic carbocycles. The molecule has 2 aromatic heterocycles. The van der Waals surface area contributed by atoms with Gasteiger partial charge in [0.05, 0.1) is 15.8 Å². The molecule has 0 aromatic carbocycles. The predicted molar refractivity (Wildman–Crippen MR) is 76.4 cm³/mol. The fourth-order valence-electron chi connectivity index (χ4n) is 1.72. The lowest BCUT2D eigenvalue weighted by molar-refractivity contribution is -0.137. The molecule has 0 saturated carbocycles. The van der Waals surface area contributed by atoms with Crippen LogP contribution in [0.25, 0.3) is 0 Å². The number of hydrogen-bond acceptors (Lipinski definition) is 5. The highest BCUT2D eigenvalue weighted by Crippen LogP contribution is 2.34. The van der Waals surface area contributed by atoms with E-state index < -0.39 is 11.7 Å². The molecular weight excluding hydrogens is 315 g/mol. The normalized spacial score (nSPS) is 13.3. The molecular formula is C14H16F3N3OS. The third kappa shape index (κ3) is 4.46. The number of pyridine rings is 1. The van der Waals surface area contributed by atoms with Gasteiger partial charge in [-0.25, -0.2) is 4.98 Å². The van der Waals surface area contributed by atoms with Gasteiger partial charge in [-0.05, 0) is 25.5 Å². The van der Waals surface area contributed by atoms with Gasteiger partial charge in [-0.1, -0.05) is 30.3 Å². The Hall–Kier alpha value is -1.57. The summed E-state index contributed by atoms with van der Waals surface area (Å²) in [7, 11) is 0. The Morgan fingerprint density at radius 1 is 1.32 bits per heavy atom. The molecule has 2 heterocycles. The van der Waals surface area contributed by atoms with Gasteiger partial charge >= 0.3 is 6.18 Å². The number of hydrogen-bond donors (Lipinski definition) is 0. The van der Waals surface area contributed by atoms with E-state index >= 15 is 0 Å². The summed E-state index contributed by atoms with van der Waals surface area (Å²) in [6.45, 7) is 3.93. The number of alkyl halides is 3. The zero-order valence-electron chi connectivity index (χ0n) is 12.2. The van der Waals surface area contributed by atoms with Crippen molar-refractivity contribution in [1.29, 1.82) is 0 Å². The maximum atomic E-state index is 12.5. The molecule has 1 unspecified atom stereocenters. The third-order valence-corrected chi connectivity index (χ3v) is 3.98. The predicted octanol–water partition coefficient (Wildman–Crippen LogP) is 4.68. The first-order chi connectivity index (χ1) is 10.4. The highest BCUT2D eigenvalue weighted by molar-refractivity contribution is 7.99. The lowest BCUT2D eigenvalue weighted by atomic mass is 10.2. The molecule has 0 bridgehead atoms. The summed E-state index contributed by atoms with van der Waals surface area (Å²) >= 11 is 1.28. The fourth-order valence-corrected chi connectivity index (χ4v) is 2.54. The molecule has 0 saturated heterocycles. The zero-order valence-corrected chi connectivity index (χ0v) is 13.0. The monoisotopic (exact) mass is 331 g/mol. The molecule has 8 heteroatoms. The van der Waals surface area contributed by atoms with Crippen LogP contribution in [0.1, 0.15) is 49.2 Å². The SMILES string of the molecule is CCCCc1noc(C(C)Sc2ccc(C(F)(F)F)cn2)n1. The van der Waals surface area contributed by atoms with Gasteiger partial charge in [0.25, 0.3) is 0 Å². The fraction of sp³-hybridized carbons (Fsp3) is 0.500. The van der Waals surface area contributed by atoms with Crippen molar-refractivity contribution in [3.05, 3.63) is 35.6 Å². The Bertz CT molecular complexity index is 598. The molecule has 4 nitrogen and oxygen atoms in total. The molecule has 0 fully saturated rings. The second kappa shape index (κ2) is 7.13. The molecule has 0 aliphatic rings. The van der Waals surface area contributed by atoms with E-state index in [1.54, 1.807) is 0 Å². The Morgan fingerprint density at radius 3 is 2.68 bits per heavy atom. The Morgan fingerprint density at radius 2 is 2.09 bits per heavy atom. The van der Waals surface area contributed by atoms with Crippen molar-refractivity contribution in [2.24, 2.45) is 0 Å². The van der Waals surface area contributed by atoms with Crippen molar-refractivity contribution in [1.82, 2.24) is 15.1 Å². The Balaban J connectivity index is 1.99. The number of halogens is 3. The minimum atomic E-state index is -4.37. The molecule has 120 valence electrons. The van der Waals surface area contributed by atoms with E-state index in [1.165, 1.54) is 17.8 Å². The highest BCUT2D eigenvalue weighted by Gasteiger charge is 2.30. The molecule has 0 spiro atoms. The molecule has 0 radical (unpaired) electrons. The lowest BCUT2D eigenvalue weighted by Crippen LogP contribution is -2.05. The molecule has 0 aliphatic heterocycles.